The number of azide groups is 1. The molecule has 0 spiro atoms. The van der Waals surface area contributed by atoms with Crippen LogP contribution in [0.1, 0.15) is 66.1 Å². The van der Waals surface area contributed by atoms with E-state index < -0.39 is 31.4 Å². The zero-order valence-corrected chi connectivity index (χ0v) is 22.4. The Morgan fingerprint density at radius 2 is 1.94 bits per heavy atom. The third-order valence-electron chi connectivity index (χ3n) is 6.81. The molecule has 1 aliphatic rings. The van der Waals surface area contributed by atoms with Gasteiger partial charge in [0.05, 0.1) is 0 Å². The Kier molecular flexibility index (Phi) is 8.06. The zero-order valence-electron chi connectivity index (χ0n) is 21.4. The highest BCUT2D eigenvalue weighted by Gasteiger charge is 2.53. The molecule has 180 valence electrons. The molecule has 0 aromatic heterocycles. The number of carbonyl (C=O) groups excluding carboxylic acids is 1. The van der Waals surface area contributed by atoms with E-state index in [4.69, 9.17) is 14.7 Å². The van der Waals surface area contributed by atoms with Gasteiger partial charge in [-0.05, 0) is 48.5 Å². The first-order valence-corrected chi connectivity index (χ1v) is 14.2. The van der Waals surface area contributed by atoms with Crippen molar-refractivity contribution in [2.45, 2.75) is 84.2 Å². The van der Waals surface area contributed by atoms with Crippen LogP contribution in [0.25, 0.3) is 10.4 Å². The summed E-state index contributed by atoms with van der Waals surface area (Å²) in [6, 6.07) is 9.32. The number of esters is 1. The van der Waals surface area contributed by atoms with Crippen molar-refractivity contribution >= 4 is 20.0 Å². The molecule has 0 heterocycles. The number of nitriles is 1. The number of nitrogens with zero attached hydrogens (tertiary/aromatic N) is 4. The van der Waals surface area contributed by atoms with Crippen molar-refractivity contribution < 1.29 is 14.0 Å². The Labute approximate surface area is 203 Å². The summed E-state index contributed by atoms with van der Waals surface area (Å²) in [4.78, 5) is 14.6. The fourth-order valence-electron chi connectivity index (χ4n) is 3.52. The average molecular weight is 479 g/mol. The quantitative estimate of drug-likeness (QED) is 0.111. The third-order valence-corrected chi connectivity index (χ3v) is 11.3. The van der Waals surface area contributed by atoms with Crippen molar-refractivity contribution in [1.82, 2.24) is 0 Å². The minimum Gasteiger partial charge on any atom is -0.444 e. The summed E-state index contributed by atoms with van der Waals surface area (Å²) in [5.74, 6) is 5.65. The standard InChI is InChI=1S/C26H34N4O3Si/c1-19(31)32-23(21-11-9-10-12-22(21)29-30-28)14-13-20-15-16-25(5,6)26(17-20,18-27)33-34(7,8)24(2,3)4/h9-12,17,23H,15-16H2,1-8H3. The van der Waals surface area contributed by atoms with Crippen LogP contribution in [0.3, 0.4) is 0 Å². The molecule has 1 aromatic rings. The van der Waals surface area contributed by atoms with Crippen LogP contribution in [0.5, 0.6) is 0 Å². The number of carbonyl (C=O) groups is 1. The molecule has 8 heteroatoms. The van der Waals surface area contributed by atoms with Crippen molar-refractivity contribution in [3.05, 3.63) is 51.9 Å². The molecular weight excluding hydrogens is 444 g/mol. The average Bonchev–Trinajstić information content (AvgIpc) is 2.72. The minimum absolute atomic E-state index is 0.0601. The summed E-state index contributed by atoms with van der Waals surface area (Å²) in [7, 11) is -2.27. The van der Waals surface area contributed by atoms with Crippen molar-refractivity contribution in [2.24, 2.45) is 10.5 Å². The number of ether oxygens (including phenoxy) is 1. The van der Waals surface area contributed by atoms with E-state index in [1.807, 2.05) is 6.08 Å². The van der Waals surface area contributed by atoms with Crippen LogP contribution in [0.2, 0.25) is 18.1 Å². The minimum atomic E-state index is -2.27. The summed E-state index contributed by atoms with van der Waals surface area (Å²) < 4.78 is 12.2. The molecule has 34 heavy (non-hydrogen) atoms. The van der Waals surface area contributed by atoms with Gasteiger partial charge in [-0.2, -0.15) is 5.26 Å². The van der Waals surface area contributed by atoms with Crippen molar-refractivity contribution in [3.63, 3.8) is 0 Å². The Bertz CT molecular complexity index is 1130. The Morgan fingerprint density at radius 3 is 2.50 bits per heavy atom. The summed E-state index contributed by atoms with van der Waals surface area (Å²) in [5.41, 5.74) is 8.99. The SMILES string of the molecule is CC(=O)OC(C#CC1=CC(C#N)(O[Si](C)(C)C(C)(C)C)C(C)(C)CC1)c1ccccc1N=[N+]=[N-]. The lowest BCUT2D eigenvalue weighted by Gasteiger charge is -2.49. The lowest BCUT2D eigenvalue weighted by molar-refractivity contribution is -0.144. The lowest BCUT2D eigenvalue weighted by atomic mass is 9.67. The molecule has 7 nitrogen and oxygen atoms in total. The molecule has 2 unspecified atom stereocenters. The van der Waals surface area contributed by atoms with E-state index in [1.165, 1.54) is 6.92 Å². The first-order valence-electron chi connectivity index (χ1n) is 11.3. The predicted molar refractivity (Wildman–Crippen MR) is 135 cm³/mol. The largest absolute Gasteiger partial charge is 0.444 e. The molecule has 2 atom stereocenters. The fourth-order valence-corrected chi connectivity index (χ4v) is 5.01. The van der Waals surface area contributed by atoms with Gasteiger partial charge in [-0.1, -0.05) is 69.9 Å². The Balaban J connectivity index is 2.56. The molecule has 0 aliphatic heterocycles. The van der Waals surface area contributed by atoms with Crippen LogP contribution in [0.4, 0.5) is 5.69 Å². The molecule has 0 fully saturated rings. The molecule has 2 rings (SSSR count). The second-order valence-electron chi connectivity index (χ2n) is 10.8. The number of allylic oxidation sites excluding steroid dienone is 1. The molecule has 0 bridgehead atoms. The monoisotopic (exact) mass is 478 g/mol. The van der Waals surface area contributed by atoms with E-state index in [2.05, 4.69) is 75.6 Å². The van der Waals surface area contributed by atoms with Gasteiger partial charge in [0.15, 0.2) is 20.0 Å². The van der Waals surface area contributed by atoms with Gasteiger partial charge in [-0.3, -0.25) is 4.79 Å². The van der Waals surface area contributed by atoms with Crippen LogP contribution < -0.4 is 0 Å². The van der Waals surface area contributed by atoms with Gasteiger partial charge in [-0.15, -0.1) is 0 Å². The number of hydrogen-bond donors (Lipinski definition) is 0. The maximum atomic E-state index is 11.8. The molecule has 1 aliphatic carbocycles. The first-order chi connectivity index (χ1) is 15.7. The molecule has 0 amide bonds. The molecule has 0 saturated heterocycles. The van der Waals surface area contributed by atoms with Crippen molar-refractivity contribution in [3.8, 4) is 17.9 Å². The van der Waals surface area contributed by atoms with Gasteiger partial charge >= 0.3 is 5.97 Å². The normalized spacial score (nSPS) is 20.5. The summed E-state index contributed by atoms with van der Waals surface area (Å²) >= 11 is 0. The summed E-state index contributed by atoms with van der Waals surface area (Å²) in [6.45, 7) is 16.1. The van der Waals surface area contributed by atoms with E-state index in [0.29, 0.717) is 17.7 Å². The number of benzene rings is 1. The molecular formula is C26H34N4O3Si. The number of hydrogen-bond acceptors (Lipinski definition) is 5. The maximum Gasteiger partial charge on any atom is 0.304 e. The first kappa shape index (κ1) is 27.2. The summed E-state index contributed by atoms with van der Waals surface area (Å²) in [5, 5.41) is 14.0. The number of rotatable bonds is 5. The van der Waals surface area contributed by atoms with Gasteiger partial charge in [0.1, 0.15) is 6.07 Å². The molecule has 1 aromatic carbocycles. The van der Waals surface area contributed by atoms with E-state index >= 15 is 0 Å². The summed E-state index contributed by atoms with van der Waals surface area (Å²) in [6.07, 6.45) is 2.35. The Morgan fingerprint density at radius 1 is 1.29 bits per heavy atom. The van der Waals surface area contributed by atoms with Crippen LogP contribution in [-0.2, 0) is 14.0 Å². The van der Waals surface area contributed by atoms with Crippen LogP contribution in [0.15, 0.2) is 41.0 Å². The molecule has 0 N–H and O–H groups in total. The topological polar surface area (TPSA) is 108 Å². The highest BCUT2D eigenvalue weighted by atomic mass is 28.4. The maximum absolute atomic E-state index is 11.8. The second-order valence-corrected chi connectivity index (χ2v) is 15.5. The van der Waals surface area contributed by atoms with Crippen LogP contribution in [-0.4, -0.2) is 19.9 Å². The highest BCUT2D eigenvalue weighted by molar-refractivity contribution is 6.74. The van der Waals surface area contributed by atoms with Crippen molar-refractivity contribution in [2.75, 3.05) is 0 Å². The highest BCUT2D eigenvalue weighted by Crippen LogP contribution is 2.49. The lowest BCUT2D eigenvalue weighted by Crippen LogP contribution is -2.55. The second kappa shape index (κ2) is 10.1. The third kappa shape index (κ3) is 5.90. The van der Waals surface area contributed by atoms with Crippen LogP contribution >= 0.6 is 0 Å². The van der Waals surface area contributed by atoms with Gasteiger partial charge < -0.3 is 9.16 Å². The fraction of sp³-hybridized carbons (Fsp3) is 0.538. The van der Waals surface area contributed by atoms with Gasteiger partial charge in [-0.25, -0.2) is 0 Å². The van der Waals surface area contributed by atoms with E-state index in [-0.39, 0.29) is 5.04 Å². The van der Waals surface area contributed by atoms with E-state index in [9.17, 15) is 10.1 Å². The van der Waals surface area contributed by atoms with Gasteiger partial charge in [0.2, 0.25) is 0 Å². The van der Waals surface area contributed by atoms with Gasteiger partial charge in [0.25, 0.3) is 0 Å². The Hall–Kier alpha value is -3.03. The van der Waals surface area contributed by atoms with Gasteiger partial charge in [0, 0.05) is 34.1 Å². The smallest absolute Gasteiger partial charge is 0.304 e. The van der Waals surface area contributed by atoms with Crippen molar-refractivity contribution in [1.29, 1.82) is 5.26 Å². The predicted octanol–water partition coefficient (Wildman–Crippen LogP) is 7.27. The van der Waals surface area contributed by atoms with E-state index in [0.717, 1.165) is 12.0 Å². The molecule has 0 radical (unpaired) electrons. The van der Waals surface area contributed by atoms with E-state index in [1.54, 1.807) is 24.3 Å². The molecule has 0 saturated carbocycles. The van der Waals surface area contributed by atoms with Crippen LogP contribution in [0, 0.1) is 28.6 Å². The zero-order chi connectivity index (χ0) is 25.8.